The van der Waals surface area contributed by atoms with Crippen molar-refractivity contribution in [3.63, 3.8) is 0 Å². The Bertz CT molecular complexity index is 489. The van der Waals surface area contributed by atoms with Crippen LogP contribution in [0.3, 0.4) is 0 Å². The smallest absolute Gasteiger partial charge is 0.207 e. The lowest BCUT2D eigenvalue weighted by atomic mass is 10.2. The van der Waals surface area contributed by atoms with Gasteiger partial charge in [0.15, 0.2) is 0 Å². The van der Waals surface area contributed by atoms with E-state index in [1.165, 1.54) is 16.4 Å². The van der Waals surface area contributed by atoms with E-state index in [9.17, 15) is 12.8 Å². The molecule has 1 unspecified atom stereocenters. The first-order valence-electron chi connectivity index (χ1n) is 5.40. The molecule has 0 N–H and O–H groups in total. The van der Waals surface area contributed by atoms with Crippen LogP contribution in [0.2, 0.25) is 0 Å². The van der Waals surface area contributed by atoms with Crippen molar-refractivity contribution >= 4 is 21.6 Å². The van der Waals surface area contributed by atoms with E-state index in [1.54, 1.807) is 0 Å². The molecule has 0 amide bonds. The van der Waals surface area contributed by atoms with Gasteiger partial charge >= 0.3 is 0 Å². The monoisotopic (exact) mass is 277 g/mol. The SMILES string of the molecule is O=S(=O)(c1ccc(F)cc1)N1CCCC(Cl)C1. The van der Waals surface area contributed by atoms with Crippen molar-refractivity contribution < 1.29 is 12.8 Å². The lowest BCUT2D eigenvalue weighted by molar-refractivity contribution is 0.350. The summed E-state index contributed by atoms with van der Waals surface area (Å²) in [5, 5.41) is -0.140. The second-order valence-corrected chi connectivity index (χ2v) is 6.61. The minimum Gasteiger partial charge on any atom is -0.207 e. The summed E-state index contributed by atoms with van der Waals surface area (Å²) in [6.07, 6.45) is 1.59. The number of hydrogen-bond acceptors (Lipinski definition) is 2. The number of nitrogens with zero attached hydrogens (tertiary/aromatic N) is 1. The van der Waals surface area contributed by atoms with E-state index in [4.69, 9.17) is 11.6 Å². The van der Waals surface area contributed by atoms with Gasteiger partial charge < -0.3 is 0 Å². The predicted octanol–water partition coefficient (Wildman–Crippen LogP) is 2.22. The first-order valence-corrected chi connectivity index (χ1v) is 7.27. The largest absolute Gasteiger partial charge is 0.243 e. The number of sulfonamides is 1. The van der Waals surface area contributed by atoms with Crippen LogP contribution in [0.15, 0.2) is 29.2 Å². The Morgan fingerprint density at radius 3 is 2.53 bits per heavy atom. The Kier molecular flexibility index (Phi) is 3.70. The van der Waals surface area contributed by atoms with Gasteiger partial charge in [-0.25, -0.2) is 12.8 Å². The van der Waals surface area contributed by atoms with Crippen LogP contribution in [0.1, 0.15) is 12.8 Å². The van der Waals surface area contributed by atoms with Crippen LogP contribution < -0.4 is 0 Å². The Morgan fingerprint density at radius 2 is 1.94 bits per heavy atom. The Labute approximate surface area is 105 Å². The maximum atomic E-state index is 12.7. The van der Waals surface area contributed by atoms with E-state index in [0.29, 0.717) is 13.1 Å². The van der Waals surface area contributed by atoms with Gasteiger partial charge in [0.1, 0.15) is 5.82 Å². The molecule has 1 heterocycles. The number of benzene rings is 1. The van der Waals surface area contributed by atoms with Crippen molar-refractivity contribution in [1.29, 1.82) is 0 Å². The number of halogens is 2. The van der Waals surface area contributed by atoms with E-state index < -0.39 is 15.8 Å². The minimum absolute atomic E-state index is 0.115. The number of hydrogen-bond donors (Lipinski definition) is 0. The van der Waals surface area contributed by atoms with Crippen molar-refractivity contribution in [2.75, 3.05) is 13.1 Å². The van der Waals surface area contributed by atoms with Crippen LogP contribution >= 0.6 is 11.6 Å². The second kappa shape index (κ2) is 4.92. The molecule has 0 aromatic heterocycles. The molecule has 1 aromatic rings. The van der Waals surface area contributed by atoms with Crippen molar-refractivity contribution in [3.05, 3.63) is 30.1 Å². The van der Waals surface area contributed by atoms with E-state index in [2.05, 4.69) is 0 Å². The molecule has 0 bridgehead atoms. The van der Waals surface area contributed by atoms with Crippen LogP contribution in [0.25, 0.3) is 0 Å². The molecular weight excluding hydrogens is 265 g/mol. The zero-order valence-corrected chi connectivity index (χ0v) is 10.7. The average Bonchev–Trinajstić information content (AvgIpc) is 2.29. The van der Waals surface area contributed by atoms with E-state index in [1.807, 2.05) is 0 Å². The van der Waals surface area contributed by atoms with Gasteiger partial charge in [0.05, 0.1) is 4.90 Å². The average molecular weight is 278 g/mol. The van der Waals surface area contributed by atoms with Crippen molar-refractivity contribution in [2.45, 2.75) is 23.1 Å². The zero-order valence-electron chi connectivity index (χ0n) is 9.14. The molecule has 2 rings (SSSR count). The molecule has 1 atom stereocenters. The van der Waals surface area contributed by atoms with Crippen LogP contribution in [-0.2, 0) is 10.0 Å². The highest BCUT2D eigenvalue weighted by Gasteiger charge is 2.29. The molecule has 1 aliphatic rings. The highest BCUT2D eigenvalue weighted by atomic mass is 35.5. The van der Waals surface area contributed by atoms with Gasteiger partial charge in [-0.2, -0.15) is 4.31 Å². The predicted molar refractivity (Wildman–Crippen MR) is 64.0 cm³/mol. The van der Waals surface area contributed by atoms with E-state index in [-0.39, 0.29) is 10.3 Å². The Balaban J connectivity index is 2.26. The number of piperidine rings is 1. The standard InChI is InChI=1S/C11H13ClFNO2S/c12-9-2-1-7-14(8-9)17(15,16)11-5-3-10(13)4-6-11/h3-6,9H,1-2,7-8H2. The van der Waals surface area contributed by atoms with Gasteiger partial charge in [-0.05, 0) is 37.1 Å². The van der Waals surface area contributed by atoms with Gasteiger partial charge in [0.25, 0.3) is 0 Å². The molecule has 3 nitrogen and oxygen atoms in total. The molecule has 1 saturated heterocycles. The third-order valence-electron chi connectivity index (χ3n) is 2.78. The molecule has 1 fully saturated rings. The molecule has 0 aliphatic carbocycles. The van der Waals surface area contributed by atoms with Crippen LogP contribution in [-0.4, -0.2) is 31.2 Å². The second-order valence-electron chi connectivity index (χ2n) is 4.06. The fourth-order valence-corrected chi connectivity index (χ4v) is 3.79. The number of rotatable bonds is 2. The summed E-state index contributed by atoms with van der Waals surface area (Å²) in [5.74, 6) is -0.446. The molecule has 1 aliphatic heterocycles. The van der Waals surface area contributed by atoms with Crippen molar-refractivity contribution in [2.24, 2.45) is 0 Å². The fraction of sp³-hybridized carbons (Fsp3) is 0.455. The topological polar surface area (TPSA) is 37.4 Å². The molecule has 6 heteroatoms. The minimum atomic E-state index is -3.53. The van der Waals surface area contributed by atoms with Crippen molar-refractivity contribution in [3.8, 4) is 0 Å². The quantitative estimate of drug-likeness (QED) is 0.778. The fourth-order valence-electron chi connectivity index (χ4n) is 1.87. The molecule has 94 valence electrons. The third-order valence-corrected chi connectivity index (χ3v) is 5.01. The lowest BCUT2D eigenvalue weighted by Gasteiger charge is -2.28. The highest BCUT2D eigenvalue weighted by molar-refractivity contribution is 7.89. The Morgan fingerprint density at radius 1 is 1.29 bits per heavy atom. The van der Waals surface area contributed by atoms with Crippen LogP contribution in [0.4, 0.5) is 4.39 Å². The first-order chi connectivity index (χ1) is 8.00. The molecule has 0 spiro atoms. The van der Waals surface area contributed by atoms with Gasteiger partial charge in [-0.15, -0.1) is 11.6 Å². The highest BCUT2D eigenvalue weighted by Crippen LogP contribution is 2.22. The summed E-state index contributed by atoms with van der Waals surface area (Å²) < 4.78 is 38.5. The van der Waals surface area contributed by atoms with Gasteiger partial charge in [-0.1, -0.05) is 0 Å². The lowest BCUT2D eigenvalue weighted by Crippen LogP contribution is -2.40. The summed E-state index contributed by atoms with van der Waals surface area (Å²) in [6, 6.07) is 4.86. The van der Waals surface area contributed by atoms with E-state index in [0.717, 1.165) is 25.0 Å². The van der Waals surface area contributed by atoms with Gasteiger partial charge in [0.2, 0.25) is 10.0 Å². The molecular formula is C11H13ClFNO2S. The first kappa shape index (κ1) is 12.8. The molecule has 17 heavy (non-hydrogen) atoms. The summed E-state index contributed by atoms with van der Waals surface area (Å²) in [4.78, 5) is 0.115. The number of alkyl halides is 1. The normalized spacial score (nSPS) is 22.6. The molecule has 0 saturated carbocycles. The maximum absolute atomic E-state index is 12.7. The van der Waals surface area contributed by atoms with Gasteiger partial charge in [-0.3, -0.25) is 0 Å². The van der Waals surface area contributed by atoms with Crippen LogP contribution in [0, 0.1) is 5.82 Å². The van der Waals surface area contributed by atoms with Crippen molar-refractivity contribution in [1.82, 2.24) is 4.31 Å². The summed E-state index contributed by atoms with van der Waals surface area (Å²) >= 11 is 5.96. The summed E-state index contributed by atoms with van der Waals surface area (Å²) in [6.45, 7) is 0.796. The summed E-state index contributed by atoms with van der Waals surface area (Å²) in [7, 11) is -3.53. The third kappa shape index (κ3) is 2.78. The van der Waals surface area contributed by atoms with Crippen LogP contribution in [0.5, 0.6) is 0 Å². The molecule has 1 aromatic carbocycles. The summed E-state index contributed by atoms with van der Waals surface area (Å²) in [5.41, 5.74) is 0. The Hall–Kier alpha value is -0.650. The maximum Gasteiger partial charge on any atom is 0.243 e. The van der Waals surface area contributed by atoms with Gasteiger partial charge in [0, 0.05) is 18.5 Å². The molecule has 0 radical (unpaired) electrons. The zero-order chi connectivity index (χ0) is 12.5. The van der Waals surface area contributed by atoms with E-state index >= 15 is 0 Å².